The number of hydrogen-bond donors (Lipinski definition) is 1. The molecule has 0 saturated heterocycles. The van der Waals surface area contributed by atoms with Crippen LogP contribution in [-0.2, 0) is 16.1 Å². The summed E-state index contributed by atoms with van der Waals surface area (Å²) in [6.45, 7) is 4.43. The molecule has 29 heavy (non-hydrogen) atoms. The highest BCUT2D eigenvalue weighted by Crippen LogP contribution is 2.36. The van der Waals surface area contributed by atoms with Crippen molar-refractivity contribution < 1.29 is 9.59 Å². The van der Waals surface area contributed by atoms with E-state index in [2.05, 4.69) is 35.6 Å². The number of para-hydroxylation sites is 2. The Bertz CT molecular complexity index is 1090. The summed E-state index contributed by atoms with van der Waals surface area (Å²) in [5, 5.41) is 5.29. The largest absolute Gasteiger partial charge is 0.322 e. The van der Waals surface area contributed by atoms with Crippen LogP contribution in [0.15, 0.2) is 66.7 Å². The van der Waals surface area contributed by atoms with Crippen LogP contribution in [-0.4, -0.2) is 35.8 Å². The molecule has 2 amide bonds. The molecule has 0 aliphatic carbocycles. The molecule has 0 aromatic heterocycles. The van der Waals surface area contributed by atoms with Gasteiger partial charge >= 0.3 is 0 Å². The maximum atomic E-state index is 13.2. The predicted molar refractivity (Wildman–Crippen MR) is 117 cm³/mol. The van der Waals surface area contributed by atoms with Crippen LogP contribution in [0.1, 0.15) is 19.4 Å². The minimum absolute atomic E-state index is 0.0967. The Hall–Kier alpha value is -3.18. The van der Waals surface area contributed by atoms with E-state index in [0.29, 0.717) is 12.2 Å². The molecule has 1 N–H and O–H groups in total. The number of hydrogen-bond acceptors (Lipinski definition) is 3. The predicted octanol–water partition coefficient (Wildman–Crippen LogP) is 4.04. The lowest BCUT2D eigenvalue weighted by atomic mass is 9.96. The molecule has 1 aliphatic rings. The zero-order valence-corrected chi connectivity index (χ0v) is 17.0. The van der Waals surface area contributed by atoms with Gasteiger partial charge in [-0.15, -0.1) is 0 Å². The summed E-state index contributed by atoms with van der Waals surface area (Å²) in [5.41, 5.74) is 1.61. The number of rotatable bonds is 4. The van der Waals surface area contributed by atoms with Gasteiger partial charge in [-0.3, -0.25) is 19.4 Å². The smallest absolute Gasteiger partial charge is 0.250 e. The lowest BCUT2D eigenvalue weighted by Crippen LogP contribution is -2.60. The van der Waals surface area contributed by atoms with Gasteiger partial charge in [0.05, 0.1) is 17.9 Å². The van der Waals surface area contributed by atoms with Crippen LogP contribution < -0.4 is 10.2 Å². The highest BCUT2D eigenvalue weighted by Gasteiger charge is 2.43. The van der Waals surface area contributed by atoms with E-state index in [0.717, 1.165) is 11.3 Å². The first-order chi connectivity index (χ1) is 13.9. The summed E-state index contributed by atoms with van der Waals surface area (Å²) in [4.78, 5) is 29.4. The van der Waals surface area contributed by atoms with Gasteiger partial charge in [0.15, 0.2) is 0 Å². The molecule has 0 bridgehead atoms. The fourth-order valence-electron chi connectivity index (χ4n) is 3.90. The van der Waals surface area contributed by atoms with Crippen molar-refractivity contribution in [3.05, 3.63) is 72.3 Å². The van der Waals surface area contributed by atoms with Crippen molar-refractivity contribution in [2.75, 3.05) is 23.8 Å². The Morgan fingerprint density at radius 1 is 1.00 bits per heavy atom. The van der Waals surface area contributed by atoms with Gasteiger partial charge in [-0.25, -0.2) is 0 Å². The first-order valence-electron chi connectivity index (χ1n) is 9.76. The number of carbonyl (C=O) groups excluding carboxylic acids is 2. The van der Waals surface area contributed by atoms with Gasteiger partial charge in [0.1, 0.15) is 5.54 Å². The van der Waals surface area contributed by atoms with Crippen LogP contribution >= 0.6 is 0 Å². The first kappa shape index (κ1) is 19.2. The summed E-state index contributed by atoms with van der Waals surface area (Å²) in [7, 11) is 1.93. The minimum Gasteiger partial charge on any atom is -0.322 e. The molecule has 0 atom stereocenters. The molecule has 148 valence electrons. The molecule has 3 aromatic rings. The number of likely N-dealkylation sites (N-methyl/N-ethyl adjacent to an activating group) is 1. The third-order valence-corrected chi connectivity index (χ3v) is 5.43. The lowest BCUT2D eigenvalue weighted by Gasteiger charge is -2.42. The molecular weight excluding hydrogens is 362 g/mol. The van der Waals surface area contributed by atoms with Gasteiger partial charge in [0.2, 0.25) is 11.8 Å². The highest BCUT2D eigenvalue weighted by molar-refractivity contribution is 6.14. The SMILES string of the molecule is CN(CC(=O)N1c2ccccc2NC(=O)C1(C)C)Cc1ccc2ccccc2c1. The Morgan fingerprint density at radius 2 is 1.69 bits per heavy atom. The number of fused-ring (bicyclic) bond motifs is 2. The topological polar surface area (TPSA) is 52.7 Å². The van der Waals surface area contributed by atoms with E-state index in [1.54, 1.807) is 18.7 Å². The molecule has 0 fully saturated rings. The van der Waals surface area contributed by atoms with Gasteiger partial charge in [0.25, 0.3) is 0 Å². The molecule has 0 unspecified atom stereocenters. The fraction of sp³-hybridized carbons (Fsp3) is 0.250. The molecule has 0 saturated carbocycles. The van der Waals surface area contributed by atoms with Crippen LogP contribution in [0.25, 0.3) is 10.8 Å². The van der Waals surface area contributed by atoms with Crippen LogP contribution in [0, 0.1) is 0 Å². The van der Waals surface area contributed by atoms with Gasteiger partial charge in [-0.1, -0.05) is 48.5 Å². The number of anilines is 2. The van der Waals surface area contributed by atoms with Crippen molar-refractivity contribution in [1.29, 1.82) is 0 Å². The Kier molecular flexibility index (Phi) is 4.84. The standard InChI is InChI=1S/C24H25N3O2/c1-24(2)23(29)25-20-10-6-7-11-21(20)27(24)22(28)16-26(3)15-17-12-13-18-8-4-5-9-19(18)14-17/h4-14H,15-16H2,1-3H3,(H,25,29). The number of carbonyl (C=O) groups is 2. The van der Waals surface area contributed by atoms with E-state index >= 15 is 0 Å². The van der Waals surface area contributed by atoms with Crippen molar-refractivity contribution in [1.82, 2.24) is 4.90 Å². The summed E-state index contributed by atoms with van der Waals surface area (Å²) in [6, 6.07) is 22.0. The Labute approximate surface area is 170 Å². The maximum absolute atomic E-state index is 13.2. The summed E-state index contributed by atoms with van der Waals surface area (Å²) >= 11 is 0. The fourth-order valence-corrected chi connectivity index (χ4v) is 3.90. The normalized spacial score (nSPS) is 15.3. The second-order valence-corrected chi connectivity index (χ2v) is 8.11. The van der Waals surface area contributed by atoms with Crippen LogP contribution in [0.5, 0.6) is 0 Å². The van der Waals surface area contributed by atoms with Crippen molar-refractivity contribution in [3.63, 3.8) is 0 Å². The zero-order valence-electron chi connectivity index (χ0n) is 17.0. The van der Waals surface area contributed by atoms with E-state index in [1.807, 2.05) is 48.3 Å². The first-order valence-corrected chi connectivity index (χ1v) is 9.76. The molecule has 5 nitrogen and oxygen atoms in total. The second kappa shape index (κ2) is 7.33. The van der Waals surface area contributed by atoms with Gasteiger partial charge in [-0.2, -0.15) is 0 Å². The quantitative estimate of drug-likeness (QED) is 0.735. The van der Waals surface area contributed by atoms with Gasteiger partial charge in [-0.05, 0) is 55.4 Å². The molecule has 1 heterocycles. The third-order valence-electron chi connectivity index (χ3n) is 5.43. The summed E-state index contributed by atoms with van der Waals surface area (Å²) < 4.78 is 0. The number of benzene rings is 3. The zero-order chi connectivity index (χ0) is 20.6. The average molecular weight is 387 g/mol. The van der Waals surface area contributed by atoms with Crippen LogP contribution in [0.4, 0.5) is 11.4 Å². The minimum atomic E-state index is -0.949. The molecule has 5 heteroatoms. The Balaban J connectivity index is 1.53. The van der Waals surface area contributed by atoms with Crippen molar-refractivity contribution in [3.8, 4) is 0 Å². The van der Waals surface area contributed by atoms with Crippen LogP contribution in [0.2, 0.25) is 0 Å². The van der Waals surface area contributed by atoms with E-state index < -0.39 is 5.54 Å². The molecule has 1 aliphatic heterocycles. The number of nitrogens with zero attached hydrogens (tertiary/aromatic N) is 2. The summed E-state index contributed by atoms with van der Waals surface area (Å²) in [6.07, 6.45) is 0. The lowest BCUT2D eigenvalue weighted by molar-refractivity contribution is -0.127. The number of amides is 2. The molecule has 0 spiro atoms. The van der Waals surface area contributed by atoms with Crippen molar-refractivity contribution in [2.45, 2.75) is 25.9 Å². The maximum Gasteiger partial charge on any atom is 0.250 e. The summed E-state index contributed by atoms with van der Waals surface area (Å²) in [5.74, 6) is -0.276. The van der Waals surface area contributed by atoms with Crippen molar-refractivity contribution >= 4 is 34.0 Å². The number of nitrogens with one attached hydrogen (secondary N) is 1. The molecular formula is C24H25N3O2. The monoisotopic (exact) mass is 387 g/mol. The Morgan fingerprint density at radius 3 is 2.48 bits per heavy atom. The second-order valence-electron chi connectivity index (χ2n) is 8.11. The van der Waals surface area contributed by atoms with Gasteiger partial charge in [0, 0.05) is 6.54 Å². The van der Waals surface area contributed by atoms with E-state index in [9.17, 15) is 9.59 Å². The highest BCUT2D eigenvalue weighted by atomic mass is 16.2. The van der Waals surface area contributed by atoms with Gasteiger partial charge < -0.3 is 5.32 Å². The van der Waals surface area contributed by atoms with Crippen LogP contribution in [0.3, 0.4) is 0 Å². The van der Waals surface area contributed by atoms with Crippen molar-refractivity contribution in [2.24, 2.45) is 0 Å². The van der Waals surface area contributed by atoms with E-state index in [-0.39, 0.29) is 18.4 Å². The van der Waals surface area contributed by atoms with E-state index in [1.165, 1.54) is 10.8 Å². The molecule has 4 rings (SSSR count). The molecule has 0 radical (unpaired) electrons. The third kappa shape index (κ3) is 3.61. The average Bonchev–Trinajstić information content (AvgIpc) is 2.68. The van der Waals surface area contributed by atoms with E-state index in [4.69, 9.17) is 0 Å². The molecule has 3 aromatic carbocycles.